The molecule has 2 saturated heterocycles. The summed E-state index contributed by atoms with van der Waals surface area (Å²) < 4.78 is 0. The van der Waals surface area contributed by atoms with Gasteiger partial charge in [-0.05, 0) is 76.3 Å². The molecule has 0 bridgehead atoms. The third kappa shape index (κ3) is 6.45. The molecule has 0 aromatic rings. The van der Waals surface area contributed by atoms with Crippen molar-refractivity contribution >= 4 is 18.3 Å². The van der Waals surface area contributed by atoms with Gasteiger partial charge in [0.2, 0.25) is 5.91 Å². The second-order valence-electron chi connectivity index (χ2n) is 7.44. The van der Waals surface area contributed by atoms with Crippen molar-refractivity contribution in [3.05, 3.63) is 0 Å². The largest absolute Gasteiger partial charge is 0.340 e. The summed E-state index contributed by atoms with van der Waals surface area (Å²) in [4.78, 5) is 14.8. The lowest BCUT2D eigenvalue weighted by Gasteiger charge is -2.37. The number of carbonyl (C=O) groups excluding carboxylic acids is 1. The first kappa shape index (κ1) is 19.8. The van der Waals surface area contributed by atoms with E-state index in [1.165, 1.54) is 44.9 Å². The van der Waals surface area contributed by atoms with Gasteiger partial charge < -0.3 is 10.2 Å². The maximum Gasteiger partial charge on any atom is 0.222 e. The predicted octanol–water partition coefficient (Wildman–Crippen LogP) is 4.01. The summed E-state index contributed by atoms with van der Waals surface area (Å²) in [5.41, 5.74) is 0. The Morgan fingerprint density at radius 3 is 2.55 bits per heavy atom. The minimum Gasteiger partial charge on any atom is -0.340 e. The van der Waals surface area contributed by atoms with E-state index in [2.05, 4.69) is 24.1 Å². The van der Waals surface area contributed by atoms with Crippen molar-refractivity contribution in [3.63, 3.8) is 0 Å². The minimum atomic E-state index is 0. The molecule has 0 radical (unpaired) electrons. The highest BCUT2D eigenvalue weighted by molar-refractivity contribution is 5.85. The van der Waals surface area contributed by atoms with Crippen LogP contribution in [0.5, 0.6) is 0 Å². The fourth-order valence-electron chi connectivity index (χ4n) is 3.80. The number of hydrogen-bond acceptors (Lipinski definition) is 2. The summed E-state index contributed by atoms with van der Waals surface area (Å²) in [6.45, 7) is 7.85. The number of rotatable bonds is 6. The quantitative estimate of drug-likeness (QED) is 0.798. The van der Waals surface area contributed by atoms with E-state index < -0.39 is 0 Å². The number of nitrogens with one attached hydrogen (secondary N) is 1. The second-order valence-corrected chi connectivity index (χ2v) is 7.44. The lowest BCUT2D eigenvalue weighted by atomic mass is 9.91. The Balaban J connectivity index is 0.00000242. The highest BCUT2D eigenvalue weighted by atomic mass is 35.5. The third-order valence-electron chi connectivity index (χ3n) is 5.25. The van der Waals surface area contributed by atoms with Crippen molar-refractivity contribution in [3.8, 4) is 0 Å². The number of carbonyl (C=O) groups is 1. The van der Waals surface area contributed by atoms with Crippen molar-refractivity contribution in [1.82, 2.24) is 10.2 Å². The summed E-state index contributed by atoms with van der Waals surface area (Å²) >= 11 is 0. The molecule has 2 aliphatic rings. The Kier molecular flexibility index (Phi) is 9.42. The van der Waals surface area contributed by atoms with E-state index in [4.69, 9.17) is 0 Å². The van der Waals surface area contributed by atoms with Crippen LogP contribution in [0, 0.1) is 11.8 Å². The number of amides is 1. The van der Waals surface area contributed by atoms with Gasteiger partial charge in [0, 0.05) is 19.0 Å². The number of halogens is 1. The van der Waals surface area contributed by atoms with Crippen molar-refractivity contribution in [2.45, 2.75) is 77.7 Å². The zero-order valence-corrected chi connectivity index (χ0v) is 15.3. The Morgan fingerprint density at radius 2 is 1.86 bits per heavy atom. The van der Waals surface area contributed by atoms with E-state index in [1.54, 1.807) is 0 Å². The summed E-state index contributed by atoms with van der Waals surface area (Å²) in [6, 6.07) is 0.529. The van der Waals surface area contributed by atoms with E-state index >= 15 is 0 Å². The lowest BCUT2D eigenvalue weighted by Crippen LogP contribution is -2.44. The molecule has 2 fully saturated rings. The van der Waals surface area contributed by atoms with Crippen molar-refractivity contribution in [2.24, 2.45) is 11.8 Å². The van der Waals surface area contributed by atoms with E-state index in [0.717, 1.165) is 44.3 Å². The molecule has 130 valence electrons. The molecule has 22 heavy (non-hydrogen) atoms. The predicted molar refractivity (Wildman–Crippen MR) is 95.5 cm³/mol. The Hall–Kier alpha value is -0.280. The van der Waals surface area contributed by atoms with Crippen LogP contribution >= 0.6 is 12.4 Å². The average molecular weight is 331 g/mol. The fraction of sp³-hybridized carbons (Fsp3) is 0.944. The van der Waals surface area contributed by atoms with Crippen LogP contribution in [-0.4, -0.2) is 36.5 Å². The first-order valence-electron chi connectivity index (χ1n) is 9.17. The minimum absolute atomic E-state index is 0. The SMILES string of the molecule is CC(C)CCC1CCCCN1C(=O)CCC1CCNCC1.Cl. The second kappa shape index (κ2) is 10.5. The van der Waals surface area contributed by atoms with Crippen LogP contribution in [-0.2, 0) is 4.79 Å². The summed E-state index contributed by atoms with van der Waals surface area (Å²) in [7, 11) is 0. The van der Waals surface area contributed by atoms with Gasteiger partial charge in [-0.1, -0.05) is 13.8 Å². The maximum absolute atomic E-state index is 12.6. The molecule has 0 aliphatic carbocycles. The molecular weight excluding hydrogens is 296 g/mol. The summed E-state index contributed by atoms with van der Waals surface area (Å²) in [5, 5.41) is 3.40. The first-order chi connectivity index (χ1) is 10.2. The molecule has 0 spiro atoms. The van der Waals surface area contributed by atoms with E-state index in [0.29, 0.717) is 11.9 Å². The Bertz CT molecular complexity index is 316. The number of nitrogens with zero attached hydrogens (tertiary/aromatic N) is 1. The fourth-order valence-corrected chi connectivity index (χ4v) is 3.80. The van der Waals surface area contributed by atoms with Crippen molar-refractivity contribution in [1.29, 1.82) is 0 Å². The molecule has 1 amide bonds. The molecular formula is C18H35ClN2O. The van der Waals surface area contributed by atoms with Gasteiger partial charge in [0.1, 0.15) is 0 Å². The number of hydrogen-bond donors (Lipinski definition) is 1. The molecule has 3 nitrogen and oxygen atoms in total. The van der Waals surface area contributed by atoms with Gasteiger partial charge in [-0.3, -0.25) is 4.79 Å². The zero-order chi connectivity index (χ0) is 15.1. The molecule has 1 N–H and O–H groups in total. The highest BCUT2D eigenvalue weighted by Crippen LogP contribution is 2.25. The maximum atomic E-state index is 12.6. The average Bonchev–Trinajstić information content (AvgIpc) is 2.52. The molecule has 0 aromatic carbocycles. The number of likely N-dealkylation sites (tertiary alicyclic amines) is 1. The summed E-state index contributed by atoms with van der Waals surface area (Å²) in [5.74, 6) is 1.95. The van der Waals surface area contributed by atoms with Gasteiger partial charge in [0.15, 0.2) is 0 Å². The van der Waals surface area contributed by atoms with Gasteiger partial charge in [0.05, 0.1) is 0 Å². The zero-order valence-electron chi connectivity index (χ0n) is 14.5. The molecule has 1 atom stereocenters. The van der Waals surface area contributed by atoms with Crippen LogP contribution in [0.2, 0.25) is 0 Å². The third-order valence-corrected chi connectivity index (χ3v) is 5.25. The van der Waals surface area contributed by atoms with Crippen LogP contribution in [0.15, 0.2) is 0 Å². The number of piperidine rings is 2. The Morgan fingerprint density at radius 1 is 1.14 bits per heavy atom. The van der Waals surface area contributed by atoms with Gasteiger partial charge in [-0.15, -0.1) is 12.4 Å². The molecule has 2 aliphatic heterocycles. The van der Waals surface area contributed by atoms with Gasteiger partial charge >= 0.3 is 0 Å². The Labute approximate surface area is 143 Å². The normalized spacial score (nSPS) is 23.4. The highest BCUT2D eigenvalue weighted by Gasteiger charge is 2.26. The first-order valence-corrected chi connectivity index (χ1v) is 9.17. The van der Waals surface area contributed by atoms with Crippen molar-refractivity contribution in [2.75, 3.05) is 19.6 Å². The molecule has 1 unspecified atom stereocenters. The van der Waals surface area contributed by atoms with E-state index in [1.807, 2.05) is 0 Å². The van der Waals surface area contributed by atoms with Gasteiger partial charge in [-0.2, -0.15) is 0 Å². The molecule has 2 rings (SSSR count). The van der Waals surface area contributed by atoms with Gasteiger partial charge in [-0.25, -0.2) is 0 Å². The molecule has 0 aromatic heterocycles. The summed E-state index contributed by atoms with van der Waals surface area (Å²) in [6.07, 6.45) is 10.6. The monoisotopic (exact) mass is 330 g/mol. The molecule has 2 heterocycles. The van der Waals surface area contributed by atoms with Crippen LogP contribution in [0.1, 0.15) is 71.6 Å². The molecule has 4 heteroatoms. The van der Waals surface area contributed by atoms with Crippen LogP contribution in [0.3, 0.4) is 0 Å². The van der Waals surface area contributed by atoms with Crippen LogP contribution in [0.4, 0.5) is 0 Å². The van der Waals surface area contributed by atoms with Crippen LogP contribution < -0.4 is 5.32 Å². The smallest absolute Gasteiger partial charge is 0.222 e. The topological polar surface area (TPSA) is 32.3 Å². The molecule has 0 saturated carbocycles. The van der Waals surface area contributed by atoms with Crippen LogP contribution in [0.25, 0.3) is 0 Å². The standard InChI is InChI=1S/C18H34N2O.ClH/c1-15(2)6-8-17-5-3-4-14-20(17)18(21)9-7-16-10-12-19-13-11-16;/h15-17,19H,3-14H2,1-2H3;1H. The van der Waals surface area contributed by atoms with Crippen molar-refractivity contribution < 1.29 is 4.79 Å². The van der Waals surface area contributed by atoms with Gasteiger partial charge in [0.25, 0.3) is 0 Å². The lowest BCUT2D eigenvalue weighted by molar-refractivity contribution is -0.135. The van der Waals surface area contributed by atoms with E-state index in [-0.39, 0.29) is 12.4 Å². The van der Waals surface area contributed by atoms with E-state index in [9.17, 15) is 4.79 Å².